The second kappa shape index (κ2) is 16.2. The molecule has 0 saturated carbocycles. The number of carbonyl (C=O) groups is 6. The number of ether oxygens (including phenoxy) is 4. The van der Waals surface area contributed by atoms with Gasteiger partial charge in [0.05, 0.1) is 27.3 Å². The van der Waals surface area contributed by atoms with E-state index in [2.05, 4.69) is 9.47 Å². The summed E-state index contributed by atoms with van der Waals surface area (Å²) in [6.07, 6.45) is 2.59. The van der Waals surface area contributed by atoms with Crippen LogP contribution in [0.15, 0.2) is 24.3 Å². The molecule has 0 rings (SSSR count). The number of hydrogen-bond acceptors (Lipinski definition) is 12. The van der Waals surface area contributed by atoms with E-state index in [-0.39, 0.29) is 19.7 Å². The second-order valence-electron chi connectivity index (χ2n) is 5.88. The fourth-order valence-corrected chi connectivity index (χ4v) is 1.71. The minimum Gasteiger partial charge on any atom is -0.466 e. The number of rotatable bonds is 14. The van der Waals surface area contributed by atoms with Crippen LogP contribution in [0, 0.1) is 0 Å². The first-order chi connectivity index (χ1) is 15.1. The maximum atomic E-state index is 11.8. The predicted molar refractivity (Wildman–Crippen MR) is 105 cm³/mol. The summed E-state index contributed by atoms with van der Waals surface area (Å²) in [5, 5.41) is 1.28. The van der Waals surface area contributed by atoms with Gasteiger partial charge in [0, 0.05) is 38.4 Å². The molecule has 1 amide bonds. The highest BCUT2D eigenvalue weighted by Gasteiger charge is 2.15. The number of esters is 4. The SMILES string of the molecule is COC(=O)/C=C/C(=O)OCC(=O)N(C)CCOC(=O)/C=C/C(=O)OC(C=O)CN(C)OC. The van der Waals surface area contributed by atoms with Crippen LogP contribution in [0.5, 0.6) is 0 Å². The van der Waals surface area contributed by atoms with Gasteiger partial charge in [0.15, 0.2) is 19.0 Å². The molecule has 0 aliphatic heterocycles. The quantitative estimate of drug-likeness (QED) is 0.0969. The molecule has 1 unspecified atom stereocenters. The minimum absolute atomic E-state index is 0.00126. The summed E-state index contributed by atoms with van der Waals surface area (Å²) in [4.78, 5) is 74.1. The Labute approximate surface area is 184 Å². The van der Waals surface area contributed by atoms with E-state index in [9.17, 15) is 28.8 Å². The number of amides is 1. The highest BCUT2D eigenvalue weighted by atomic mass is 16.7. The maximum absolute atomic E-state index is 11.8. The average molecular weight is 458 g/mol. The molecular weight excluding hydrogens is 432 g/mol. The largest absolute Gasteiger partial charge is 0.466 e. The van der Waals surface area contributed by atoms with Gasteiger partial charge in [-0.3, -0.25) is 9.59 Å². The molecule has 1 atom stereocenters. The number of nitrogens with zero attached hydrogens (tertiary/aromatic N) is 2. The van der Waals surface area contributed by atoms with Crippen molar-refractivity contribution in [1.29, 1.82) is 0 Å². The van der Waals surface area contributed by atoms with Gasteiger partial charge in [-0.2, -0.15) is 5.06 Å². The molecule has 0 fully saturated rings. The van der Waals surface area contributed by atoms with Crippen LogP contribution in [0.1, 0.15) is 0 Å². The number of carbonyl (C=O) groups excluding carboxylic acids is 6. The molecule has 0 aromatic carbocycles. The highest BCUT2D eigenvalue weighted by Crippen LogP contribution is 1.96. The Morgan fingerprint density at radius 3 is 1.97 bits per heavy atom. The van der Waals surface area contributed by atoms with E-state index in [0.717, 1.165) is 36.3 Å². The first kappa shape index (κ1) is 28.4. The highest BCUT2D eigenvalue weighted by molar-refractivity contribution is 5.93. The molecule has 0 N–H and O–H groups in total. The molecule has 0 aromatic heterocycles. The summed E-state index contributed by atoms with van der Waals surface area (Å²) in [5.74, 6) is -4.05. The van der Waals surface area contributed by atoms with Crippen molar-refractivity contribution < 1.29 is 52.6 Å². The maximum Gasteiger partial charge on any atom is 0.331 e. The average Bonchev–Trinajstić information content (AvgIpc) is 2.78. The third-order valence-corrected chi connectivity index (χ3v) is 3.51. The Kier molecular flexibility index (Phi) is 14.3. The van der Waals surface area contributed by atoms with Gasteiger partial charge in [0.2, 0.25) is 0 Å². The van der Waals surface area contributed by atoms with Crippen LogP contribution in [0.3, 0.4) is 0 Å². The summed E-state index contributed by atoms with van der Waals surface area (Å²) < 4.78 is 18.6. The fraction of sp³-hybridized carbons (Fsp3) is 0.474. The minimum atomic E-state index is -1.09. The molecule has 13 nitrogen and oxygen atoms in total. The van der Waals surface area contributed by atoms with E-state index in [4.69, 9.17) is 14.3 Å². The summed E-state index contributed by atoms with van der Waals surface area (Å²) in [7, 11) is 5.43. The lowest BCUT2D eigenvalue weighted by Crippen LogP contribution is -2.34. The molecular formula is C19H26N2O11. The van der Waals surface area contributed by atoms with Crippen LogP contribution in [0.2, 0.25) is 0 Å². The summed E-state index contributed by atoms with van der Waals surface area (Å²) >= 11 is 0. The first-order valence-corrected chi connectivity index (χ1v) is 9.05. The van der Waals surface area contributed by atoms with Crippen molar-refractivity contribution in [3.8, 4) is 0 Å². The van der Waals surface area contributed by atoms with Gasteiger partial charge in [-0.15, -0.1) is 0 Å². The van der Waals surface area contributed by atoms with Crippen LogP contribution in [0.4, 0.5) is 0 Å². The van der Waals surface area contributed by atoms with Gasteiger partial charge < -0.3 is 28.7 Å². The Balaban J connectivity index is 4.25. The number of aldehydes is 1. The number of likely N-dealkylation sites (N-methyl/N-ethyl adjacent to an activating group) is 2. The van der Waals surface area contributed by atoms with Gasteiger partial charge in [0.25, 0.3) is 5.91 Å². The van der Waals surface area contributed by atoms with E-state index >= 15 is 0 Å². The molecule has 0 radical (unpaired) electrons. The predicted octanol–water partition coefficient (Wildman–Crippen LogP) is -1.58. The summed E-state index contributed by atoms with van der Waals surface area (Å²) in [6.45, 7) is -0.806. The molecule has 0 aliphatic carbocycles. The molecule has 0 bridgehead atoms. The molecule has 178 valence electrons. The molecule has 32 heavy (non-hydrogen) atoms. The van der Waals surface area contributed by atoms with Crippen molar-refractivity contribution in [3.05, 3.63) is 24.3 Å². The van der Waals surface area contributed by atoms with Gasteiger partial charge in [-0.25, -0.2) is 19.2 Å². The van der Waals surface area contributed by atoms with Crippen molar-refractivity contribution in [2.24, 2.45) is 0 Å². The third kappa shape index (κ3) is 13.6. The topological polar surface area (TPSA) is 155 Å². The van der Waals surface area contributed by atoms with Crippen molar-refractivity contribution in [1.82, 2.24) is 9.96 Å². The normalized spacial score (nSPS) is 11.8. The summed E-state index contributed by atoms with van der Waals surface area (Å²) in [5.41, 5.74) is 0. The van der Waals surface area contributed by atoms with Crippen LogP contribution in [0.25, 0.3) is 0 Å². The van der Waals surface area contributed by atoms with Crippen molar-refractivity contribution in [2.45, 2.75) is 6.10 Å². The lowest BCUT2D eigenvalue weighted by molar-refractivity contribution is -0.160. The zero-order valence-electron chi connectivity index (χ0n) is 18.2. The fourth-order valence-electron chi connectivity index (χ4n) is 1.71. The third-order valence-electron chi connectivity index (χ3n) is 3.51. The molecule has 0 saturated heterocycles. The Hall–Kier alpha value is -3.58. The van der Waals surface area contributed by atoms with Gasteiger partial charge in [-0.1, -0.05) is 0 Å². The van der Waals surface area contributed by atoms with Crippen molar-refractivity contribution in [2.75, 3.05) is 54.6 Å². The number of hydrogen-bond donors (Lipinski definition) is 0. The van der Waals surface area contributed by atoms with Gasteiger partial charge in [-0.05, 0) is 0 Å². The van der Waals surface area contributed by atoms with Crippen molar-refractivity contribution >= 4 is 36.1 Å². The van der Waals surface area contributed by atoms with E-state index in [0.29, 0.717) is 6.29 Å². The molecule has 13 heteroatoms. The Morgan fingerprint density at radius 1 is 0.844 bits per heavy atom. The van der Waals surface area contributed by atoms with E-state index in [1.165, 1.54) is 26.3 Å². The van der Waals surface area contributed by atoms with Crippen LogP contribution in [-0.2, 0) is 52.6 Å². The molecule has 0 heterocycles. The summed E-state index contributed by atoms with van der Waals surface area (Å²) in [6, 6.07) is 0. The van der Waals surface area contributed by atoms with E-state index in [1.807, 2.05) is 0 Å². The molecule has 0 aliphatic rings. The smallest absolute Gasteiger partial charge is 0.331 e. The second-order valence-corrected chi connectivity index (χ2v) is 5.88. The van der Waals surface area contributed by atoms with Crippen LogP contribution >= 0.6 is 0 Å². The van der Waals surface area contributed by atoms with Crippen LogP contribution in [-0.4, -0.2) is 107 Å². The zero-order chi connectivity index (χ0) is 24.5. The van der Waals surface area contributed by atoms with Gasteiger partial charge >= 0.3 is 23.9 Å². The van der Waals surface area contributed by atoms with E-state index < -0.39 is 42.5 Å². The first-order valence-electron chi connectivity index (χ1n) is 9.05. The number of hydroxylamine groups is 2. The molecule has 0 aromatic rings. The zero-order valence-corrected chi connectivity index (χ0v) is 18.2. The standard InChI is InChI=1S/C19H26N2O11/c1-20(15(23)13-31-18(26)6-5-16(24)28-3)9-10-30-17(25)7-8-19(27)32-14(12-22)11-21(2)29-4/h5-8,12,14H,9-11,13H2,1-4H3/b6-5+,8-7+. The monoisotopic (exact) mass is 458 g/mol. The van der Waals surface area contributed by atoms with Gasteiger partial charge in [0.1, 0.15) is 6.61 Å². The lowest BCUT2D eigenvalue weighted by atomic mass is 10.4. The van der Waals surface area contributed by atoms with Crippen LogP contribution < -0.4 is 0 Å². The lowest BCUT2D eigenvalue weighted by Gasteiger charge is -2.17. The molecule has 0 spiro atoms. The Bertz CT molecular complexity index is 733. The van der Waals surface area contributed by atoms with Crippen molar-refractivity contribution in [3.63, 3.8) is 0 Å². The Morgan fingerprint density at radius 2 is 1.41 bits per heavy atom. The van der Waals surface area contributed by atoms with E-state index in [1.54, 1.807) is 0 Å². The number of methoxy groups -OCH3 is 1.